The van der Waals surface area contributed by atoms with Gasteiger partial charge in [-0.25, -0.2) is 0 Å². The van der Waals surface area contributed by atoms with Crippen molar-refractivity contribution in [2.75, 3.05) is 25.2 Å². The molecule has 2 aromatic carbocycles. The number of aromatic nitrogens is 1. The lowest BCUT2D eigenvalue weighted by atomic mass is 10.1. The van der Waals surface area contributed by atoms with E-state index in [1.807, 2.05) is 54.7 Å². The van der Waals surface area contributed by atoms with Crippen LogP contribution in [-0.4, -0.2) is 31.5 Å². The molecule has 1 aromatic heterocycles. The van der Waals surface area contributed by atoms with E-state index in [4.69, 9.17) is 14.2 Å². The van der Waals surface area contributed by atoms with Crippen molar-refractivity contribution in [3.05, 3.63) is 78.1 Å². The molecule has 1 aliphatic heterocycles. The van der Waals surface area contributed by atoms with Crippen LogP contribution in [0.5, 0.6) is 11.5 Å². The molecule has 2 heterocycles. The van der Waals surface area contributed by atoms with Crippen LogP contribution in [0.15, 0.2) is 67.0 Å². The van der Waals surface area contributed by atoms with Crippen LogP contribution in [0.25, 0.3) is 0 Å². The Bertz CT molecular complexity index is 1040. The summed E-state index contributed by atoms with van der Waals surface area (Å²) in [7, 11) is 1.63. The molecule has 0 N–H and O–H groups in total. The molecule has 1 atom stereocenters. The molecule has 1 unspecified atom stereocenters. The molecule has 0 aliphatic carbocycles. The second-order valence-corrected chi connectivity index (χ2v) is 7.32. The Balaban J connectivity index is 1.67. The summed E-state index contributed by atoms with van der Waals surface area (Å²) in [5, 5.41) is 9.37. The Morgan fingerprint density at radius 2 is 2.03 bits per heavy atom. The van der Waals surface area contributed by atoms with Gasteiger partial charge in [0.05, 0.1) is 25.3 Å². The second-order valence-electron chi connectivity index (χ2n) is 7.32. The highest BCUT2D eigenvalue weighted by Crippen LogP contribution is 2.36. The summed E-state index contributed by atoms with van der Waals surface area (Å²) in [6.45, 7) is 1.43. The summed E-state index contributed by atoms with van der Waals surface area (Å²) < 4.78 is 17.2. The van der Waals surface area contributed by atoms with Crippen LogP contribution in [0.4, 0.5) is 11.4 Å². The maximum absolute atomic E-state index is 9.37. The summed E-state index contributed by atoms with van der Waals surface area (Å²) in [4.78, 5) is 6.39. The molecular formula is C25H25N3O3. The Labute approximate surface area is 182 Å². The van der Waals surface area contributed by atoms with Gasteiger partial charge in [0.15, 0.2) is 17.8 Å². The van der Waals surface area contributed by atoms with Crippen molar-refractivity contribution in [3.8, 4) is 17.6 Å². The predicted molar refractivity (Wildman–Crippen MR) is 119 cm³/mol. The van der Waals surface area contributed by atoms with E-state index in [0.29, 0.717) is 30.2 Å². The number of nitriles is 1. The molecule has 158 valence electrons. The highest BCUT2D eigenvalue weighted by molar-refractivity contribution is 5.67. The Kier molecular flexibility index (Phi) is 6.65. The Morgan fingerprint density at radius 1 is 1.13 bits per heavy atom. The first-order valence-electron chi connectivity index (χ1n) is 10.4. The third kappa shape index (κ3) is 5.14. The summed E-state index contributed by atoms with van der Waals surface area (Å²) >= 11 is 0. The fourth-order valence-electron chi connectivity index (χ4n) is 3.65. The Morgan fingerprint density at radius 3 is 2.77 bits per heavy atom. The lowest BCUT2D eigenvalue weighted by Gasteiger charge is -2.26. The number of pyridine rings is 1. The molecule has 6 heteroatoms. The fourth-order valence-corrected chi connectivity index (χ4v) is 3.65. The average molecular weight is 415 g/mol. The third-order valence-electron chi connectivity index (χ3n) is 5.24. The molecule has 0 amide bonds. The molecule has 0 spiro atoms. The maximum atomic E-state index is 9.37. The zero-order chi connectivity index (χ0) is 21.5. The van der Waals surface area contributed by atoms with Crippen LogP contribution >= 0.6 is 0 Å². The zero-order valence-electron chi connectivity index (χ0n) is 17.5. The topological polar surface area (TPSA) is 67.6 Å². The van der Waals surface area contributed by atoms with Crippen LogP contribution < -0.4 is 14.4 Å². The third-order valence-corrected chi connectivity index (χ3v) is 5.24. The minimum absolute atomic E-state index is 0.255. The van der Waals surface area contributed by atoms with Crippen molar-refractivity contribution in [2.24, 2.45) is 0 Å². The lowest BCUT2D eigenvalue weighted by Crippen LogP contribution is -2.21. The van der Waals surface area contributed by atoms with Crippen molar-refractivity contribution >= 4 is 11.4 Å². The number of rotatable bonds is 8. The van der Waals surface area contributed by atoms with Gasteiger partial charge in [-0.1, -0.05) is 12.1 Å². The summed E-state index contributed by atoms with van der Waals surface area (Å²) in [5.74, 6) is 1.31. The average Bonchev–Trinajstić information content (AvgIpc) is 3.33. The molecule has 31 heavy (non-hydrogen) atoms. The van der Waals surface area contributed by atoms with Crippen LogP contribution in [-0.2, 0) is 11.2 Å². The van der Waals surface area contributed by atoms with E-state index in [1.165, 1.54) is 0 Å². The van der Waals surface area contributed by atoms with Gasteiger partial charge in [0.25, 0.3) is 0 Å². The molecule has 0 bridgehead atoms. The molecule has 1 aliphatic rings. The van der Waals surface area contributed by atoms with Gasteiger partial charge in [-0.3, -0.25) is 4.98 Å². The van der Waals surface area contributed by atoms with Crippen LogP contribution in [0.2, 0.25) is 0 Å². The van der Waals surface area contributed by atoms with Gasteiger partial charge in [-0.15, -0.1) is 0 Å². The second kappa shape index (κ2) is 9.96. The molecule has 0 radical (unpaired) electrons. The lowest BCUT2D eigenvalue weighted by molar-refractivity contribution is -0.0402. The first-order chi connectivity index (χ1) is 15.3. The molecule has 3 aromatic rings. The number of anilines is 2. The quantitative estimate of drug-likeness (QED) is 0.523. The van der Waals surface area contributed by atoms with Gasteiger partial charge in [0.2, 0.25) is 0 Å². The molecule has 1 saturated heterocycles. The van der Waals surface area contributed by atoms with E-state index in [0.717, 1.165) is 36.2 Å². The number of hydrogen-bond donors (Lipinski definition) is 0. The normalized spacial score (nSPS) is 15.3. The van der Waals surface area contributed by atoms with E-state index < -0.39 is 0 Å². The van der Waals surface area contributed by atoms with Crippen LogP contribution in [0.3, 0.4) is 0 Å². The predicted octanol–water partition coefficient (Wildman–Crippen LogP) is 4.86. The summed E-state index contributed by atoms with van der Waals surface area (Å²) in [6.07, 6.45) is 6.06. The summed E-state index contributed by atoms with van der Waals surface area (Å²) in [5.41, 5.74) is 3.66. The van der Waals surface area contributed by atoms with Gasteiger partial charge in [0, 0.05) is 42.8 Å². The fraction of sp³-hybridized carbons (Fsp3) is 0.280. The standard InChI is InChI=1S/C25H25N3O3/c1-29-23-10-9-22(16-24(23)31-25-8-4-14-30-25)28(13-11-19-6-3-12-27-18-19)21-7-2-5-20(15-21)17-26/h2-3,5-7,9-10,12,15-16,18,25H,4,8,11,13-14H2,1H3. The smallest absolute Gasteiger partial charge is 0.200 e. The van der Waals surface area contributed by atoms with Crippen molar-refractivity contribution < 1.29 is 14.2 Å². The molecule has 6 nitrogen and oxygen atoms in total. The van der Waals surface area contributed by atoms with Gasteiger partial charge < -0.3 is 19.1 Å². The van der Waals surface area contributed by atoms with E-state index in [1.54, 1.807) is 13.3 Å². The first-order valence-corrected chi connectivity index (χ1v) is 10.4. The monoisotopic (exact) mass is 415 g/mol. The number of hydrogen-bond acceptors (Lipinski definition) is 6. The van der Waals surface area contributed by atoms with Crippen LogP contribution in [0.1, 0.15) is 24.0 Å². The number of ether oxygens (including phenoxy) is 3. The van der Waals surface area contributed by atoms with E-state index in [-0.39, 0.29) is 6.29 Å². The van der Waals surface area contributed by atoms with E-state index in [2.05, 4.69) is 22.0 Å². The van der Waals surface area contributed by atoms with Crippen molar-refractivity contribution in [3.63, 3.8) is 0 Å². The number of nitrogens with zero attached hydrogens (tertiary/aromatic N) is 3. The minimum Gasteiger partial charge on any atom is -0.493 e. The zero-order valence-corrected chi connectivity index (χ0v) is 17.5. The van der Waals surface area contributed by atoms with E-state index >= 15 is 0 Å². The number of benzene rings is 2. The minimum atomic E-state index is -0.255. The molecule has 4 rings (SSSR count). The van der Waals surface area contributed by atoms with Gasteiger partial charge in [0.1, 0.15) is 0 Å². The van der Waals surface area contributed by atoms with Crippen molar-refractivity contribution in [2.45, 2.75) is 25.6 Å². The maximum Gasteiger partial charge on any atom is 0.200 e. The molecule has 0 saturated carbocycles. The SMILES string of the molecule is COc1ccc(N(CCc2cccnc2)c2cccc(C#N)c2)cc1OC1CCCO1. The largest absolute Gasteiger partial charge is 0.493 e. The van der Waals surface area contributed by atoms with E-state index in [9.17, 15) is 5.26 Å². The summed E-state index contributed by atoms with van der Waals surface area (Å²) in [6, 6.07) is 19.7. The molecule has 1 fully saturated rings. The Hall–Kier alpha value is -3.56. The van der Waals surface area contributed by atoms with Crippen molar-refractivity contribution in [1.82, 2.24) is 4.98 Å². The van der Waals surface area contributed by atoms with Gasteiger partial charge in [-0.2, -0.15) is 5.26 Å². The van der Waals surface area contributed by atoms with Gasteiger partial charge >= 0.3 is 0 Å². The molecular weight excluding hydrogens is 390 g/mol. The van der Waals surface area contributed by atoms with Crippen molar-refractivity contribution in [1.29, 1.82) is 5.26 Å². The first kappa shape index (κ1) is 20.7. The highest BCUT2D eigenvalue weighted by atomic mass is 16.7. The van der Waals surface area contributed by atoms with Gasteiger partial charge in [-0.05, 0) is 54.8 Å². The number of methoxy groups -OCH3 is 1. The highest BCUT2D eigenvalue weighted by Gasteiger charge is 2.20. The van der Waals surface area contributed by atoms with Crippen LogP contribution in [0, 0.1) is 11.3 Å².